The lowest BCUT2D eigenvalue weighted by Gasteiger charge is -2.34. The number of hydrogen-bond donors (Lipinski definition) is 2. The van der Waals surface area contributed by atoms with Crippen LogP contribution in [-0.2, 0) is 0 Å². The monoisotopic (exact) mass is 197 g/mol. The van der Waals surface area contributed by atoms with Crippen molar-refractivity contribution in [3.05, 3.63) is 0 Å². The number of rotatable bonds is 1. The van der Waals surface area contributed by atoms with Gasteiger partial charge in [-0.05, 0) is 18.3 Å². The number of primary amides is 1. The number of urea groups is 1. The van der Waals surface area contributed by atoms with Crippen LogP contribution in [-0.4, -0.2) is 11.7 Å². The van der Waals surface area contributed by atoms with E-state index in [1.54, 1.807) is 0 Å². The molecule has 0 bridgehead atoms. The fourth-order valence-corrected chi connectivity index (χ4v) is 1.76. The van der Waals surface area contributed by atoms with Crippen molar-refractivity contribution in [3.63, 3.8) is 0 Å². The van der Waals surface area contributed by atoms with Gasteiger partial charge < -0.3 is 5.73 Å². The van der Waals surface area contributed by atoms with Gasteiger partial charge in [-0.1, -0.05) is 27.7 Å². The van der Waals surface area contributed by atoms with E-state index in [0.717, 1.165) is 18.6 Å². The van der Waals surface area contributed by atoms with Crippen LogP contribution < -0.4 is 11.2 Å². The molecule has 1 fully saturated rings. The fourth-order valence-electron chi connectivity index (χ4n) is 1.76. The van der Waals surface area contributed by atoms with Gasteiger partial charge in [-0.15, -0.1) is 0 Å². The molecule has 1 saturated carbocycles. The molecular weight excluding hydrogens is 178 g/mol. The number of hydrazone groups is 1. The summed E-state index contributed by atoms with van der Waals surface area (Å²) in [5.41, 5.74) is 8.56. The minimum absolute atomic E-state index is 0.0233. The highest BCUT2D eigenvalue weighted by atomic mass is 16.2. The van der Waals surface area contributed by atoms with E-state index in [-0.39, 0.29) is 10.8 Å². The molecule has 0 radical (unpaired) electrons. The highest BCUT2D eigenvalue weighted by molar-refractivity contribution is 5.93. The van der Waals surface area contributed by atoms with Gasteiger partial charge in [0.1, 0.15) is 0 Å². The van der Waals surface area contributed by atoms with Gasteiger partial charge in [-0.3, -0.25) is 0 Å². The molecule has 0 spiro atoms. The van der Waals surface area contributed by atoms with E-state index in [4.69, 9.17) is 5.73 Å². The van der Waals surface area contributed by atoms with Crippen LogP contribution in [0.3, 0.4) is 0 Å². The fraction of sp³-hybridized carbons (Fsp3) is 0.800. The average Bonchev–Trinajstić information content (AvgIpc) is 2.20. The predicted octanol–water partition coefficient (Wildman–Crippen LogP) is 1.86. The van der Waals surface area contributed by atoms with E-state index < -0.39 is 6.03 Å². The van der Waals surface area contributed by atoms with Gasteiger partial charge >= 0.3 is 6.03 Å². The molecule has 0 aromatic carbocycles. The van der Waals surface area contributed by atoms with Crippen molar-refractivity contribution >= 4 is 11.7 Å². The molecule has 2 amide bonds. The first kappa shape index (κ1) is 11.0. The Bertz CT molecular complexity index is 279. The predicted molar refractivity (Wildman–Crippen MR) is 57.0 cm³/mol. The van der Waals surface area contributed by atoms with E-state index in [1.165, 1.54) is 0 Å². The number of carbonyl (C=O) groups is 1. The standard InChI is InChI=1S/C10H19N3O/c1-9(2)6-5-7(10(9,3)4)12-13-8(11)14/h5-6H2,1-4H3,(H3,11,13,14)/b12-7-. The zero-order valence-corrected chi connectivity index (χ0v) is 9.35. The maximum Gasteiger partial charge on any atom is 0.332 e. The third-order valence-electron chi connectivity index (χ3n) is 3.70. The Morgan fingerprint density at radius 2 is 2.00 bits per heavy atom. The van der Waals surface area contributed by atoms with Gasteiger partial charge in [0.15, 0.2) is 0 Å². The number of nitrogens with two attached hydrogens (primary N) is 1. The van der Waals surface area contributed by atoms with Crippen molar-refractivity contribution in [1.29, 1.82) is 0 Å². The van der Waals surface area contributed by atoms with Crippen LogP contribution >= 0.6 is 0 Å². The summed E-state index contributed by atoms with van der Waals surface area (Å²) < 4.78 is 0. The Hall–Kier alpha value is -1.06. The molecule has 0 aliphatic heterocycles. The SMILES string of the molecule is CC1(C)CC/C(=N/NC(N)=O)C1(C)C. The smallest absolute Gasteiger partial charge is 0.332 e. The molecule has 0 atom stereocenters. The van der Waals surface area contributed by atoms with Gasteiger partial charge in [0.25, 0.3) is 0 Å². The molecule has 4 heteroatoms. The largest absolute Gasteiger partial charge is 0.350 e. The molecule has 0 aromatic heterocycles. The second-order valence-corrected chi connectivity index (χ2v) is 5.04. The Morgan fingerprint density at radius 1 is 1.43 bits per heavy atom. The first-order valence-corrected chi connectivity index (χ1v) is 4.90. The number of hydrogen-bond acceptors (Lipinski definition) is 2. The Morgan fingerprint density at radius 3 is 2.36 bits per heavy atom. The summed E-state index contributed by atoms with van der Waals surface area (Å²) in [4.78, 5) is 10.5. The summed E-state index contributed by atoms with van der Waals surface area (Å²) >= 11 is 0. The normalized spacial score (nSPS) is 26.4. The van der Waals surface area contributed by atoms with E-state index in [1.807, 2.05) is 0 Å². The lowest BCUT2D eigenvalue weighted by molar-refractivity contribution is 0.208. The number of amides is 2. The van der Waals surface area contributed by atoms with Gasteiger partial charge in [0.05, 0.1) is 0 Å². The molecule has 1 aliphatic rings. The van der Waals surface area contributed by atoms with Crippen LogP contribution in [0.1, 0.15) is 40.5 Å². The number of nitrogens with one attached hydrogen (secondary N) is 1. The Kier molecular flexibility index (Phi) is 2.56. The molecular formula is C10H19N3O. The van der Waals surface area contributed by atoms with Crippen LogP contribution in [0.5, 0.6) is 0 Å². The van der Waals surface area contributed by atoms with E-state index in [0.29, 0.717) is 0 Å². The topological polar surface area (TPSA) is 67.5 Å². The minimum Gasteiger partial charge on any atom is -0.350 e. The minimum atomic E-state index is -0.599. The zero-order chi connectivity index (χ0) is 11.0. The van der Waals surface area contributed by atoms with Gasteiger partial charge in [-0.25, -0.2) is 10.2 Å². The Balaban J connectivity index is 2.84. The second kappa shape index (κ2) is 3.26. The molecule has 0 saturated heterocycles. The van der Waals surface area contributed by atoms with Crippen LogP contribution in [0.25, 0.3) is 0 Å². The molecule has 14 heavy (non-hydrogen) atoms. The van der Waals surface area contributed by atoms with Crippen LogP contribution in [0.4, 0.5) is 4.79 Å². The lowest BCUT2D eigenvalue weighted by Crippen LogP contribution is -2.34. The first-order valence-electron chi connectivity index (χ1n) is 4.90. The second-order valence-electron chi connectivity index (χ2n) is 5.04. The number of carbonyl (C=O) groups excluding carboxylic acids is 1. The van der Waals surface area contributed by atoms with Gasteiger partial charge in [0.2, 0.25) is 0 Å². The van der Waals surface area contributed by atoms with Crippen molar-refractivity contribution in [2.75, 3.05) is 0 Å². The highest BCUT2D eigenvalue weighted by Crippen LogP contribution is 2.49. The maximum absolute atomic E-state index is 10.5. The van der Waals surface area contributed by atoms with Crippen LogP contribution in [0.2, 0.25) is 0 Å². The van der Waals surface area contributed by atoms with E-state index >= 15 is 0 Å². The van der Waals surface area contributed by atoms with E-state index in [2.05, 4.69) is 38.2 Å². The summed E-state index contributed by atoms with van der Waals surface area (Å²) in [6, 6.07) is -0.599. The molecule has 1 aliphatic carbocycles. The third kappa shape index (κ3) is 1.74. The van der Waals surface area contributed by atoms with Gasteiger partial charge in [0, 0.05) is 11.1 Å². The third-order valence-corrected chi connectivity index (χ3v) is 3.70. The Labute approximate surface area is 84.9 Å². The van der Waals surface area contributed by atoms with Crippen molar-refractivity contribution in [2.24, 2.45) is 21.7 Å². The summed E-state index contributed by atoms with van der Waals surface area (Å²) in [7, 11) is 0. The molecule has 0 unspecified atom stereocenters. The molecule has 4 nitrogen and oxygen atoms in total. The molecule has 80 valence electrons. The van der Waals surface area contributed by atoms with Crippen LogP contribution in [0.15, 0.2) is 5.10 Å². The summed E-state index contributed by atoms with van der Waals surface area (Å²) in [6.07, 6.45) is 2.03. The molecule has 1 rings (SSSR count). The average molecular weight is 197 g/mol. The number of nitrogens with zero attached hydrogens (tertiary/aromatic N) is 1. The highest BCUT2D eigenvalue weighted by Gasteiger charge is 2.46. The van der Waals surface area contributed by atoms with Crippen molar-refractivity contribution in [1.82, 2.24) is 5.43 Å². The molecule has 3 N–H and O–H groups in total. The molecule has 0 heterocycles. The zero-order valence-electron chi connectivity index (χ0n) is 9.35. The lowest BCUT2D eigenvalue weighted by atomic mass is 9.70. The quantitative estimate of drug-likeness (QED) is 0.619. The van der Waals surface area contributed by atoms with Crippen LogP contribution in [0, 0.1) is 10.8 Å². The van der Waals surface area contributed by atoms with Crippen molar-refractivity contribution in [2.45, 2.75) is 40.5 Å². The van der Waals surface area contributed by atoms with Crippen molar-refractivity contribution in [3.8, 4) is 0 Å². The summed E-state index contributed by atoms with van der Waals surface area (Å²) in [5.74, 6) is 0. The van der Waals surface area contributed by atoms with E-state index in [9.17, 15) is 4.79 Å². The summed E-state index contributed by atoms with van der Waals surface area (Å²) in [5, 5.41) is 4.06. The molecule has 0 aromatic rings. The maximum atomic E-state index is 10.5. The summed E-state index contributed by atoms with van der Waals surface area (Å²) in [6.45, 7) is 8.75. The first-order chi connectivity index (χ1) is 6.27. The van der Waals surface area contributed by atoms with Crippen molar-refractivity contribution < 1.29 is 4.79 Å². The van der Waals surface area contributed by atoms with Gasteiger partial charge in [-0.2, -0.15) is 5.10 Å².